The second-order valence-electron chi connectivity index (χ2n) is 13.0. The quantitative estimate of drug-likeness (QED) is 0.354. The van der Waals surface area contributed by atoms with E-state index in [2.05, 4.69) is 55.7 Å². The molecule has 0 radical (unpaired) electrons. The number of aryl methyl sites for hydroxylation is 2. The van der Waals surface area contributed by atoms with E-state index in [0.29, 0.717) is 41.7 Å². The number of rotatable bonds is 7. The fourth-order valence-electron chi connectivity index (χ4n) is 7.05. The van der Waals surface area contributed by atoms with Crippen molar-refractivity contribution in [1.82, 2.24) is 24.9 Å². The van der Waals surface area contributed by atoms with E-state index in [4.69, 9.17) is 4.74 Å². The maximum atomic E-state index is 13.4. The summed E-state index contributed by atoms with van der Waals surface area (Å²) >= 11 is 3.41. The summed E-state index contributed by atoms with van der Waals surface area (Å²) in [4.78, 5) is 53.7. The Morgan fingerprint density at radius 1 is 1.02 bits per heavy atom. The van der Waals surface area contributed by atoms with Gasteiger partial charge in [0, 0.05) is 64.1 Å². The van der Waals surface area contributed by atoms with Crippen LogP contribution in [0.2, 0.25) is 0 Å². The smallest absolute Gasteiger partial charge is 0.282 e. The van der Waals surface area contributed by atoms with Crippen molar-refractivity contribution in [3.63, 3.8) is 0 Å². The number of piperidine rings is 3. The fraction of sp³-hybridized carbons (Fsp3) is 0.457. The molecule has 3 aliphatic rings. The van der Waals surface area contributed by atoms with Gasteiger partial charge in [-0.05, 0) is 89.6 Å². The van der Waals surface area contributed by atoms with Gasteiger partial charge in [0.25, 0.3) is 11.5 Å². The molecule has 3 atom stereocenters. The number of carbonyl (C=O) groups excluding carboxylic acids is 3. The number of aromatic nitrogens is 2. The Kier molecular flexibility index (Phi) is 9.79. The number of nitrogens with zero attached hydrogens (tertiary/aromatic N) is 4. The maximum Gasteiger partial charge on any atom is 0.282 e. The van der Waals surface area contributed by atoms with Crippen molar-refractivity contribution >= 4 is 39.3 Å². The van der Waals surface area contributed by atoms with E-state index in [-0.39, 0.29) is 47.3 Å². The minimum atomic E-state index is -0.319. The summed E-state index contributed by atoms with van der Waals surface area (Å²) in [5.74, 6) is 0.291. The minimum Gasteiger partial charge on any atom is -0.490 e. The number of halogens is 1. The molecule has 3 unspecified atom stereocenters. The van der Waals surface area contributed by atoms with Gasteiger partial charge in [-0.2, -0.15) is 5.10 Å². The van der Waals surface area contributed by atoms with Crippen molar-refractivity contribution in [3.8, 4) is 5.75 Å². The predicted octanol–water partition coefficient (Wildman–Crippen LogP) is 3.95. The van der Waals surface area contributed by atoms with Crippen molar-refractivity contribution in [3.05, 3.63) is 85.7 Å². The standard InChI is InChI=1S/C35H41BrN6O5/c1-21-16-27(8-9-28(21)29-10-11-31(43)39-33(29)44)47-26-12-14-42(15-13-26)34(45)23-6-4-22(5-7-23)24-17-25(20-40(2)19-24)38-30-18-37-41(3)35(46)32(30)36/h4-9,16,18,24-26,29,38H,10-15,17,19-20H2,1-3H3,(H,39,43,44). The van der Waals surface area contributed by atoms with Crippen LogP contribution in [-0.4, -0.2) is 82.7 Å². The van der Waals surface area contributed by atoms with E-state index in [1.165, 1.54) is 10.2 Å². The summed E-state index contributed by atoms with van der Waals surface area (Å²) < 4.78 is 8.07. The Bertz CT molecular complexity index is 1720. The zero-order valence-corrected chi connectivity index (χ0v) is 28.6. The van der Waals surface area contributed by atoms with Crippen molar-refractivity contribution in [2.24, 2.45) is 7.05 Å². The predicted molar refractivity (Wildman–Crippen MR) is 182 cm³/mol. The van der Waals surface area contributed by atoms with Crippen molar-refractivity contribution in [2.45, 2.75) is 63.0 Å². The number of likely N-dealkylation sites (N-methyl/N-ethyl adjacent to an activating group) is 1. The first-order chi connectivity index (χ1) is 22.5. The van der Waals surface area contributed by atoms with Crippen LogP contribution in [0.5, 0.6) is 5.75 Å². The van der Waals surface area contributed by atoms with Crippen molar-refractivity contribution in [2.75, 3.05) is 38.5 Å². The average molecular weight is 706 g/mol. The molecule has 2 aromatic carbocycles. The molecule has 0 spiro atoms. The molecule has 6 rings (SSSR count). The highest BCUT2D eigenvalue weighted by molar-refractivity contribution is 9.10. The van der Waals surface area contributed by atoms with E-state index in [9.17, 15) is 19.2 Å². The van der Waals surface area contributed by atoms with Gasteiger partial charge < -0.3 is 19.9 Å². The minimum absolute atomic E-state index is 0.00224. The van der Waals surface area contributed by atoms with Crippen LogP contribution in [0.3, 0.4) is 0 Å². The number of likely N-dealkylation sites (tertiary alicyclic amines) is 2. The van der Waals surface area contributed by atoms with Gasteiger partial charge in [0.15, 0.2) is 0 Å². The Morgan fingerprint density at radius 2 is 1.77 bits per heavy atom. The van der Waals surface area contributed by atoms with Crippen LogP contribution in [0.1, 0.15) is 71.0 Å². The molecule has 3 fully saturated rings. The Labute approximate surface area is 282 Å². The van der Waals surface area contributed by atoms with Gasteiger partial charge in [-0.15, -0.1) is 0 Å². The molecule has 0 aliphatic carbocycles. The molecule has 12 heteroatoms. The molecule has 3 saturated heterocycles. The third-order valence-corrected chi connectivity index (χ3v) is 10.4. The zero-order chi connectivity index (χ0) is 33.2. The first kappa shape index (κ1) is 32.9. The van der Waals surface area contributed by atoms with Gasteiger partial charge in [0.05, 0.1) is 17.8 Å². The SMILES string of the molecule is Cc1cc(OC2CCN(C(=O)c3ccc(C4CC(Nc5cnn(C)c(=O)c5Br)CN(C)C4)cc3)CC2)ccc1C1CCC(=O)NC1=O. The van der Waals surface area contributed by atoms with Crippen LogP contribution in [0.15, 0.2) is 57.9 Å². The van der Waals surface area contributed by atoms with E-state index < -0.39 is 0 Å². The normalized spacial score (nSPS) is 22.6. The van der Waals surface area contributed by atoms with Crippen LogP contribution < -0.4 is 20.9 Å². The number of amides is 3. The van der Waals surface area contributed by atoms with Crippen LogP contribution >= 0.6 is 15.9 Å². The maximum absolute atomic E-state index is 13.4. The molecule has 3 aliphatic heterocycles. The van der Waals surface area contributed by atoms with Gasteiger partial charge in [-0.1, -0.05) is 18.2 Å². The largest absolute Gasteiger partial charge is 0.490 e. The molecule has 248 valence electrons. The molecular formula is C35H41BrN6O5. The van der Waals surface area contributed by atoms with Crippen molar-refractivity contribution in [1.29, 1.82) is 0 Å². The fourth-order valence-corrected chi connectivity index (χ4v) is 7.52. The lowest BCUT2D eigenvalue weighted by Gasteiger charge is -2.37. The molecule has 3 aromatic rings. The monoisotopic (exact) mass is 704 g/mol. The highest BCUT2D eigenvalue weighted by Crippen LogP contribution is 2.32. The van der Waals surface area contributed by atoms with E-state index in [1.807, 2.05) is 42.2 Å². The number of anilines is 1. The van der Waals surface area contributed by atoms with Crippen LogP contribution in [0.25, 0.3) is 0 Å². The van der Waals surface area contributed by atoms with E-state index in [1.54, 1.807) is 13.2 Å². The molecule has 0 saturated carbocycles. The topological polar surface area (TPSA) is 126 Å². The summed E-state index contributed by atoms with van der Waals surface area (Å²) in [6.07, 6.45) is 4.91. The van der Waals surface area contributed by atoms with Gasteiger partial charge in [0.2, 0.25) is 11.8 Å². The number of imide groups is 1. The van der Waals surface area contributed by atoms with Crippen LogP contribution in [-0.2, 0) is 16.6 Å². The first-order valence-electron chi connectivity index (χ1n) is 16.2. The van der Waals surface area contributed by atoms with Crippen molar-refractivity contribution < 1.29 is 19.1 Å². The van der Waals surface area contributed by atoms with E-state index in [0.717, 1.165) is 49.2 Å². The van der Waals surface area contributed by atoms with Crippen LogP contribution in [0.4, 0.5) is 5.69 Å². The number of nitrogens with one attached hydrogen (secondary N) is 2. The summed E-state index contributed by atoms with van der Waals surface area (Å²) in [5.41, 5.74) is 4.27. The number of hydrogen-bond donors (Lipinski definition) is 2. The molecule has 2 N–H and O–H groups in total. The molecule has 0 bridgehead atoms. The number of hydrogen-bond acceptors (Lipinski definition) is 8. The Hall–Kier alpha value is -4.03. The van der Waals surface area contributed by atoms with Crippen LogP contribution in [0, 0.1) is 6.92 Å². The Morgan fingerprint density at radius 3 is 2.47 bits per heavy atom. The third kappa shape index (κ3) is 7.43. The summed E-state index contributed by atoms with van der Waals surface area (Å²) in [5, 5.41) is 10.1. The molecule has 1 aromatic heterocycles. The lowest BCUT2D eigenvalue weighted by Crippen LogP contribution is -2.43. The Balaban J connectivity index is 1.01. The van der Waals surface area contributed by atoms with Gasteiger partial charge >= 0.3 is 0 Å². The van der Waals surface area contributed by atoms with Gasteiger partial charge in [-0.3, -0.25) is 24.5 Å². The average Bonchev–Trinajstić information content (AvgIpc) is 3.05. The van der Waals surface area contributed by atoms with Gasteiger partial charge in [-0.25, -0.2) is 4.68 Å². The number of ether oxygens (including phenoxy) is 1. The summed E-state index contributed by atoms with van der Waals surface area (Å²) in [6.45, 7) is 4.96. The molecule has 4 heterocycles. The molecule has 3 amide bonds. The second-order valence-corrected chi connectivity index (χ2v) is 13.8. The van der Waals surface area contributed by atoms with E-state index >= 15 is 0 Å². The third-order valence-electron chi connectivity index (χ3n) is 9.59. The summed E-state index contributed by atoms with van der Waals surface area (Å²) in [6, 6.07) is 13.9. The second kappa shape index (κ2) is 14.0. The molecule has 11 nitrogen and oxygen atoms in total. The lowest BCUT2D eigenvalue weighted by molar-refractivity contribution is -0.134. The summed E-state index contributed by atoms with van der Waals surface area (Å²) in [7, 11) is 3.73. The first-order valence-corrected chi connectivity index (χ1v) is 17.0. The number of benzene rings is 2. The highest BCUT2D eigenvalue weighted by Gasteiger charge is 2.31. The lowest BCUT2D eigenvalue weighted by atomic mass is 9.87. The molecular weight excluding hydrogens is 664 g/mol. The molecule has 47 heavy (non-hydrogen) atoms. The number of carbonyl (C=O) groups is 3. The van der Waals surface area contributed by atoms with Gasteiger partial charge in [0.1, 0.15) is 16.3 Å². The highest BCUT2D eigenvalue weighted by atomic mass is 79.9. The zero-order valence-electron chi connectivity index (χ0n) is 27.0.